The third-order valence-electron chi connectivity index (χ3n) is 3.63. The van der Waals surface area contributed by atoms with Gasteiger partial charge in [0.2, 0.25) is 5.16 Å². The van der Waals surface area contributed by atoms with Gasteiger partial charge in [0.1, 0.15) is 5.75 Å². The molecule has 0 aliphatic heterocycles. The lowest BCUT2D eigenvalue weighted by Gasteiger charge is -2.07. The van der Waals surface area contributed by atoms with Crippen molar-refractivity contribution in [1.82, 2.24) is 14.8 Å². The molecule has 0 spiro atoms. The molecule has 0 aliphatic carbocycles. The maximum atomic E-state index is 11.6. The van der Waals surface area contributed by atoms with E-state index in [4.69, 9.17) is 4.74 Å². The summed E-state index contributed by atoms with van der Waals surface area (Å²) in [5.74, 6) is 1.41. The van der Waals surface area contributed by atoms with Gasteiger partial charge in [0.15, 0.2) is 15.7 Å². The third kappa shape index (κ3) is 3.69. The van der Waals surface area contributed by atoms with E-state index in [1.165, 1.54) is 18.0 Å². The van der Waals surface area contributed by atoms with E-state index >= 15 is 0 Å². The van der Waals surface area contributed by atoms with Crippen molar-refractivity contribution in [3.8, 4) is 22.8 Å². The number of nitrogens with zero attached hydrogens (tertiary/aromatic N) is 3. The molecule has 6 nitrogen and oxygen atoms in total. The largest absolute Gasteiger partial charge is 0.497 e. The van der Waals surface area contributed by atoms with Crippen LogP contribution in [0.15, 0.2) is 58.6 Å². The van der Waals surface area contributed by atoms with Gasteiger partial charge in [-0.15, -0.1) is 5.10 Å². The number of hydrogen-bond donors (Lipinski definition) is 0. The number of rotatable bonds is 5. The van der Waals surface area contributed by atoms with Crippen LogP contribution in [0.1, 0.15) is 0 Å². The van der Waals surface area contributed by atoms with Crippen LogP contribution in [0.2, 0.25) is 0 Å². The van der Waals surface area contributed by atoms with Gasteiger partial charge in [0, 0.05) is 11.8 Å². The van der Waals surface area contributed by atoms with E-state index in [0.717, 1.165) is 17.0 Å². The zero-order chi connectivity index (χ0) is 18.0. The van der Waals surface area contributed by atoms with Crippen LogP contribution in [0.5, 0.6) is 5.75 Å². The van der Waals surface area contributed by atoms with Crippen LogP contribution < -0.4 is 4.74 Å². The number of aromatic nitrogens is 3. The molecule has 8 heteroatoms. The van der Waals surface area contributed by atoms with Crippen LogP contribution in [0.4, 0.5) is 0 Å². The molecule has 1 aromatic heterocycles. The Morgan fingerprint density at radius 1 is 1.04 bits per heavy atom. The van der Waals surface area contributed by atoms with Gasteiger partial charge in [-0.25, -0.2) is 18.1 Å². The number of sulfone groups is 1. The average molecular weight is 375 g/mol. The van der Waals surface area contributed by atoms with Crippen molar-refractivity contribution in [3.63, 3.8) is 0 Å². The van der Waals surface area contributed by atoms with E-state index in [9.17, 15) is 8.42 Å². The first-order valence-electron chi connectivity index (χ1n) is 7.38. The fourth-order valence-corrected chi connectivity index (χ4v) is 3.29. The minimum absolute atomic E-state index is 0.275. The van der Waals surface area contributed by atoms with E-state index in [1.54, 1.807) is 36.1 Å². The SMILES string of the molecule is COc1ccc(-n2nc(SC)nc2-c2ccc(S(C)(=O)=O)cc2)cc1. The topological polar surface area (TPSA) is 74.1 Å². The molecule has 0 fully saturated rings. The molecule has 0 radical (unpaired) electrons. The Bertz CT molecular complexity index is 979. The Labute approximate surface area is 150 Å². The van der Waals surface area contributed by atoms with Crippen LogP contribution in [0.25, 0.3) is 17.1 Å². The predicted octanol–water partition coefficient (Wildman–Crippen LogP) is 3.07. The van der Waals surface area contributed by atoms with Gasteiger partial charge in [-0.05, 0) is 54.8 Å². The van der Waals surface area contributed by atoms with Gasteiger partial charge < -0.3 is 4.74 Å². The molecule has 25 heavy (non-hydrogen) atoms. The van der Waals surface area contributed by atoms with Gasteiger partial charge in [0.25, 0.3) is 0 Å². The molecular formula is C17H17N3O3S2. The molecule has 1 heterocycles. The predicted molar refractivity (Wildman–Crippen MR) is 98.2 cm³/mol. The third-order valence-corrected chi connectivity index (χ3v) is 5.29. The van der Waals surface area contributed by atoms with Crippen molar-refractivity contribution < 1.29 is 13.2 Å². The molecular weight excluding hydrogens is 358 g/mol. The highest BCUT2D eigenvalue weighted by Crippen LogP contribution is 2.26. The summed E-state index contributed by atoms with van der Waals surface area (Å²) >= 11 is 1.44. The highest BCUT2D eigenvalue weighted by atomic mass is 32.2. The second-order valence-corrected chi connectivity index (χ2v) is 8.12. The molecule has 0 amide bonds. The number of thioether (sulfide) groups is 1. The Morgan fingerprint density at radius 2 is 1.68 bits per heavy atom. The zero-order valence-corrected chi connectivity index (χ0v) is 15.6. The maximum absolute atomic E-state index is 11.6. The molecule has 0 atom stereocenters. The minimum Gasteiger partial charge on any atom is -0.497 e. The first kappa shape index (κ1) is 17.5. The van der Waals surface area contributed by atoms with Gasteiger partial charge in [0.05, 0.1) is 17.7 Å². The molecule has 0 saturated heterocycles. The second-order valence-electron chi connectivity index (χ2n) is 5.33. The number of methoxy groups -OCH3 is 1. The summed E-state index contributed by atoms with van der Waals surface area (Å²) in [6.07, 6.45) is 3.10. The van der Waals surface area contributed by atoms with E-state index in [1.807, 2.05) is 30.5 Å². The second kappa shape index (κ2) is 6.89. The molecule has 3 aromatic rings. The van der Waals surface area contributed by atoms with Gasteiger partial charge in [-0.1, -0.05) is 11.8 Å². The highest BCUT2D eigenvalue weighted by Gasteiger charge is 2.15. The summed E-state index contributed by atoms with van der Waals surface area (Å²) in [7, 11) is -1.62. The lowest BCUT2D eigenvalue weighted by molar-refractivity contribution is 0.414. The summed E-state index contributed by atoms with van der Waals surface area (Å²) in [6.45, 7) is 0. The van der Waals surface area contributed by atoms with E-state index in [2.05, 4.69) is 10.1 Å². The first-order valence-corrected chi connectivity index (χ1v) is 10.5. The molecule has 2 aromatic carbocycles. The summed E-state index contributed by atoms with van der Waals surface area (Å²) in [5, 5.41) is 5.15. The van der Waals surface area contributed by atoms with Crippen molar-refractivity contribution >= 4 is 21.6 Å². The fraction of sp³-hybridized carbons (Fsp3) is 0.176. The van der Waals surface area contributed by atoms with Crippen LogP contribution in [0.3, 0.4) is 0 Å². The zero-order valence-electron chi connectivity index (χ0n) is 14.0. The van der Waals surface area contributed by atoms with Crippen molar-refractivity contribution in [2.75, 3.05) is 19.6 Å². The number of benzene rings is 2. The smallest absolute Gasteiger partial charge is 0.209 e. The molecule has 3 rings (SSSR count). The Balaban J connectivity index is 2.08. The molecule has 0 N–H and O–H groups in total. The summed E-state index contributed by atoms with van der Waals surface area (Å²) < 4.78 is 30.2. The van der Waals surface area contributed by atoms with Crippen LogP contribution in [0, 0.1) is 0 Å². The lowest BCUT2D eigenvalue weighted by atomic mass is 10.2. The van der Waals surface area contributed by atoms with Gasteiger partial charge in [-0.3, -0.25) is 0 Å². The molecule has 0 bridgehead atoms. The summed E-state index contributed by atoms with van der Waals surface area (Å²) in [4.78, 5) is 4.82. The molecule has 0 saturated carbocycles. The first-order chi connectivity index (χ1) is 11.9. The van der Waals surface area contributed by atoms with Crippen molar-refractivity contribution in [3.05, 3.63) is 48.5 Å². The number of hydrogen-bond acceptors (Lipinski definition) is 6. The standard InChI is InChI=1S/C17H17N3O3S2/c1-23-14-8-6-13(7-9-14)20-16(18-17(19-20)24-2)12-4-10-15(11-5-12)25(3,21)22/h4-11H,1-3H3. The van der Waals surface area contributed by atoms with Crippen molar-refractivity contribution in [2.24, 2.45) is 0 Å². The van der Waals surface area contributed by atoms with E-state index in [-0.39, 0.29) is 4.90 Å². The lowest BCUT2D eigenvalue weighted by Crippen LogP contribution is -2.01. The van der Waals surface area contributed by atoms with Gasteiger partial charge in [-0.2, -0.15) is 0 Å². The minimum atomic E-state index is -3.23. The highest BCUT2D eigenvalue weighted by molar-refractivity contribution is 7.98. The Morgan fingerprint density at radius 3 is 2.20 bits per heavy atom. The molecule has 130 valence electrons. The van der Waals surface area contributed by atoms with Crippen LogP contribution in [-0.2, 0) is 9.84 Å². The van der Waals surface area contributed by atoms with E-state index < -0.39 is 9.84 Å². The monoisotopic (exact) mass is 375 g/mol. The fourth-order valence-electron chi connectivity index (χ4n) is 2.32. The Kier molecular flexibility index (Phi) is 4.82. The van der Waals surface area contributed by atoms with Crippen LogP contribution >= 0.6 is 11.8 Å². The summed E-state index contributed by atoms with van der Waals surface area (Å²) in [6, 6.07) is 14.1. The average Bonchev–Trinajstić information content (AvgIpc) is 3.05. The quantitative estimate of drug-likeness (QED) is 0.638. The van der Waals surface area contributed by atoms with E-state index in [0.29, 0.717) is 11.0 Å². The van der Waals surface area contributed by atoms with Crippen molar-refractivity contribution in [1.29, 1.82) is 0 Å². The van der Waals surface area contributed by atoms with Gasteiger partial charge >= 0.3 is 0 Å². The molecule has 0 unspecified atom stereocenters. The number of ether oxygens (including phenoxy) is 1. The van der Waals surface area contributed by atoms with Crippen molar-refractivity contribution in [2.45, 2.75) is 10.1 Å². The van der Waals surface area contributed by atoms with Crippen LogP contribution in [-0.4, -0.2) is 42.8 Å². The summed E-state index contributed by atoms with van der Waals surface area (Å²) in [5.41, 5.74) is 1.63. The Hall–Kier alpha value is -2.32. The maximum Gasteiger partial charge on any atom is 0.209 e. The molecule has 0 aliphatic rings. The normalized spacial score (nSPS) is 11.5.